The van der Waals surface area contributed by atoms with Gasteiger partial charge in [-0.3, -0.25) is 4.79 Å². The van der Waals surface area contributed by atoms with E-state index in [0.29, 0.717) is 5.75 Å². The van der Waals surface area contributed by atoms with Crippen LogP contribution in [-0.4, -0.2) is 21.5 Å². The van der Waals surface area contributed by atoms with Crippen molar-refractivity contribution in [3.63, 3.8) is 0 Å². The van der Waals surface area contributed by atoms with Crippen LogP contribution in [0.2, 0.25) is 0 Å². The number of hydrogen-bond acceptors (Lipinski definition) is 5. The number of ketones is 1. The van der Waals surface area contributed by atoms with E-state index in [-0.39, 0.29) is 5.78 Å². The zero-order valence-corrected chi connectivity index (χ0v) is 17.1. The zero-order chi connectivity index (χ0) is 17.4. The van der Waals surface area contributed by atoms with Crippen LogP contribution in [0.1, 0.15) is 40.0 Å². The summed E-state index contributed by atoms with van der Waals surface area (Å²) in [6.45, 7) is 2.07. The Labute approximate surface area is 163 Å². The second-order valence-corrected chi connectivity index (χ2v) is 9.02. The van der Waals surface area contributed by atoms with Crippen LogP contribution in [0.3, 0.4) is 0 Å². The minimum atomic E-state index is 0.134. The monoisotopic (exact) mass is 432 g/mol. The number of thiophene rings is 1. The number of aromatic nitrogens is 2. The van der Waals surface area contributed by atoms with Crippen molar-refractivity contribution in [1.82, 2.24) is 9.97 Å². The van der Waals surface area contributed by atoms with Crippen LogP contribution in [0.5, 0.6) is 0 Å². The van der Waals surface area contributed by atoms with Gasteiger partial charge in [-0.05, 0) is 37.0 Å². The van der Waals surface area contributed by atoms with E-state index in [1.165, 1.54) is 22.2 Å². The minimum absolute atomic E-state index is 0.134. The van der Waals surface area contributed by atoms with Crippen molar-refractivity contribution < 1.29 is 4.79 Å². The molecule has 2 heterocycles. The van der Waals surface area contributed by atoms with Crippen LogP contribution in [0.4, 0.5) is 0 Å². The second-order valence-electron chi connectivity index (χ2n) is 6.05. The lowest BCUT2D eigenvalue weighted by Crippen LogP contribution is -2.03. The summed E-state index contributed by atoms with van der Waals surface area (Å²) < 4.78 is 0.982. The van der Waals surface area contributed by atoms with Crippen LogP contribution >= 0.6 is 39.0 Å². The molecule has 0 aliphatic heterocycles. The quantitative estimate of drug-likeness (QED) is 0.304. The molecule has 6 heteroatoms. The summed E-state index contributed by atoms with van der Waals surface area (Å²) in [5.41, 5.74) is 2.16. The lowest BCUT2D eigenvalue weighted by molar-refractivity contribution is 0.102. The third kappa shape index (κ3) is 3.39. The van der Waals surface area contributed by atoms with Crippen LogP contribution in [0, 0.1) is 0 Å². The van der Waals surface area contributed by atoms with Gasteiger partial charge in [0.15, 0.2) is 5.78 Å². The average Bonchev–Trinajstić information content (AvgIpc) is 3.20. The molecule has 0 bridgehead atoms. The van der Waals surface area contributed by atoms with Gasteiger partial charge in [0.05, 0.1) is 5.75 Å². The molecule has 25 heavy (non-hydrogen) atoms. The molecule has 0 saturated heterocycles. The smallest absolute Gasteiger partial charge is 0.173 e. The first-order valence-electron chi connectivity index (χ1n) is 8.38. The van der Waals surface area contributed by atoms with Crippen molar-refractivity contribution >= 4 is 55.0 Å². The number of benzene rings is 1. The van der Waals surface area contributed by atoms with E-state index >= 15 is 0 Å². The van der Waals surface area contributed by atoms with Crippen molar-refractivity contribution in [3.05, 3.63) is 50.6 Å². The summed E-state index contributed by atoms with van der Waals surface area (Å²) in [6, 6.07) is 7.54. The summed E-state index contributed by atoms with van der Waals surface area (Å²) in [4.78, 5) is 24.5. The van der Waals surface area contributed by atoms with Crippen molar-refractivity contribution in [2.45, 2.75) is 37.6 Å². The molecule has 0 unspecified atom stereocenters. The summed E-state index contributed by atoms with van der Waals surface area (Å²) in [7, 11) is 0. The lowest BCUT2D eigenvalue weighted by Gasteiger charge is -2.06. The highest BCUT2D eigenvalue weighted by molar-refractivity contribution is 9.10. The molecular formula is C19H17BrN2OS2. The Morgan fingerprint density at radius 3 is 2.80 bits per heavy atom. The van der Waals surface area contributed by atoms with Gasteiger partial charge in [-0.1, -0.05) is 46.7 Å². The molecule has 1 aliphatic carbocycles. The fraction of sp³-hybridized carbons (Fsp3) is 0.316. The summed E-state index contributed by atoms with van der Waals surface area (Å²) in [5.74, 6) is 1.40. The first-order chi connectivity index (χ1) is 12.2. The number of thioether (sulfide) groups is 1. The normalized spacial score (nSPS) is 13.4. The first kappa shape index (κ1) is 17.2. The van der Waals surface area contributed by atoms with E-state index in [1.807, 2.05) is 35.6 Å². The minimum Gasteiger partial charge on any atom is -0.293 e. The van der Waals surface area contributed by atoms with Gasteiger partial charge in [0.25, 0.3) is 0 Å². The predicted octanol–water partition coefficient (Wildman–Crippen LogP) is 5.48. The SMILES string of the molecule is CCc1nc(SCC(=O)c2ccc(Br)cc2)c2c3c(sc2n1)CCC3. The van der Waals surface area contributed by atoms with Crippen LogP contribution < -0.4 is 0 Å². The molecule has 0 N–H and O–H groups in total. The van der Waals surface area contributed by atoms with Gasteiger partial charge in [0.2, 0.25) is 0 Å². The number of nitrogens with zero attached hydrogens (tertiary/aromatic N) is 2. The molecule has 0 atom stereocenters. The average molecular weight is 433 g/mol. The molecule has 0 saturated carbocycles. The highest BCUT2D eigenvalue weighted by atomic mass is 79.9. The molecule has 0 amide bonds. The standard InChI is InChI=1S/C19H17BrN2OS2/c1-2-16-21-18(17-13-4-3-5-15(13)25-19(17)22-16)24-10-14(23)11-6-8-12(20)9-7-11/h6-9H,2-5,10H2,1H3. The molecule has 1 aliphatic rings. The number of Topliss-reactive ketones (excluding diaryl/α,β-unsaturated/α-hetero) is 1. The number of aryl methyl sites for hydroxylation is 3. The Morgan fingerprint density at radius 2 is 2.04 bits per heavy atom. The maximum absolute atomic E-state index is 12.5. The zero-order valence-electron chi connectivity index (χ0n) is 13.8. The van der Waals surface area contributed by atoms with Crippen molar-refractivity contribution in [1.29, 1.82) is 0 Å². The van der Waals surface area contributed by atoms with Gasteiger partial charge in [-0.2, -0.15) is 0 Å². The van der Waals surface area contributed by atoms with E-state index in [4.69, 9.17) is 9.97 Å². The lowest BCUT2D eigenvalue weighted by atomic mass is 10.2. The van der Waals surface area contributed by atoms with Crippen LogP contribution in [-0.2, 0) is 19.3 Å². The molecule has 4 rings (SSSR count). The fourth-order valence-electron chi connectivity index (χ4n) is 3.12. The topological polar surface area (TPSA) is 42.9 Å². The van der Waals surface area contributed by atoms with E-state index in [1.54, 1.807) is 11.8 Å². The van der Waals surface area contributed by atoms with E-state index in [2.05, 4.69) is 22.9 Å². The summed E-state index contributed by atoms with van der Waals surface area (Å²) in [6.07, 6.45) is 4.29. The first-order valence-corrected chi connectivity index (χ1v) is 11.0. The molecule has 1 aromatic carbocycles. The van der Waals surface area contributed by atoms with Gasteiger partial charge < -0.3 is 0 Å². The summed E-state index contributed by atoms with van der Waals surface area (Å²) in [5, 5.41) is 2.18. The van der Waals surface area contributed by atoms with Gasteiger partial charge in [-0.25, -0.2) is 9.97 Å². The highest BCUT2D eigenvalue weighted by Gasteiger charge is 2.22. The van der Waals surface area contributed by atoms with E-state index in [9.17, 15) is 4.79 Å². The van der Waals surface area contributed by atoms with E-state index in [0.717, 1.165) is 45.0 Å². The maximum atomic E-state index is 12.5. The number of rotatable bonds is 5. The molecular weight excluding hydrogens is 416 g/mol. The van der Waals surface area contributed by atoms with Crippen LogP contribution in [0.15, 0.2) is 33.8 Å². The Balaban J connectivity index is 1.64. The Morgan fingerprint density at radius 1 is 1.24 bits per heavy atom. The second kappa shape index (κ2) is 7.17. The number of carbonyl (C=O) groups is 1. The largest absolute Gasteiger partial charge is 0.293 e. The highest BCUT2D eigenvalue weighted by Crippen LogP contribution is 2.40. The van der Waals surface area contributed by atoms with Crippen molar-refractivity contribution in [3.8, 4) is 0 Å². The van der Waals surface area contributed by atoms with E-state index < -0.39 is 0 Å². The Hall–Kier alpha value is -1.24. The molecule has 2 aromatic heterocycles. The number of halogens is 1. The number of carbonyl (C=O) groups excluding carboxylic acids is 1. The van der Waals surface area contributed by atoms with Crippen molar-refractivity contribution in [2.24, 2.45) is 0 Å². The van der Waals surface area contributed by atoms with Crippen LogP contribution in [0.25, 0.3) is 10.2 Å². The Kier molecular flexibility index (Phi) is 4.93. The molecule has 3 nitrogen and oxygen atoms in total. The van der Waals surface area contributed by atoms with Gasteiger partial charge in [-0.15, -0.1) is 11.3 Å². The maximum Gasteiger partial charge on any atom is 0.173 e. The van der Waals surface area contributed by atoms with Gasteiger partial charge in [0.1, 0.15) is 15.7 Å². The number of hydrogen-bond donors (Lipinski definition) is 0. The molecule has 128 valence electrons. The number of fused-ring (bicyclic) bond motifs is 3. The third-order valence-electron chi connectivity index (χ3n) is 4.40. The van der Waals surface area contributed by atoms with Gasteiger partial charge >= 0.3 is 0 Å². The molecule has 0 fully saturated rings. The Bertz CT molecular complexity index is 950. The summed E-state index contributed by atoms with van der Waals surface area (Å²) >= 11 is 6.76. The third-order valence-corrected chi connectivity index (χ3v) is 7.09. The van der Waals surface area contributed by atoms with Crippen molar-refractivity contribution in [2.75, 3.05) is 5.75 Å². The molecule has 0 spiro atoms. The molecule has 3 aromatic rings. The predicted molar refractivity (Wildman–Crippen MR) is 108 cm³/mol. The molecule has 0 radical (unpaired) electrons. The van der Waals surface area contributed by atoms with Gasteiger partial charge in [0, 0.05) is 26.7 Å². The fourth-order valence-corrected chi connectivity index (χ4v) is 5.70.